The molecule has 2 amide bonds. The zero-order valence-electron chi connectivity index (χ0n) is 59.1. The minimum absolute atomic E-state index is 0.0625. The Labute approximate surface area is 564 Å². The molecule has 30 atom stereocenters. The van der Waals surface area contributed by atoms with E-state index in [2.05, 4.69) is 72.9 Å². The van der Waals surface area contributed by atoms with Gasteiger partial charge in [0.25, 0.3) is 10.1 Å². The van der Waals surface area contributed by atoms with Gasteiger partial charge in [0.1, 0.15) is 6.54 Å². The molecule has 0 aromatic carbocycles. The van der Waals surface area contributed by atoms with E-state index in [4.69, 9.17) is 14.8 Å². The van der Waals surface area contributed by atoms with Crippen LogP contribution < -0.4 is 10.6 Å². The topological polar surface area (TPSA) is 309 Å². The summed E-state index contributed by atoms with van der Waals surface area (Å²) in [5.74, 6) is 6.11. The first-order valence-corrected chi connectivity index (χ1v) is 39.7. The third-order valence-corrected chi connectivity index (χ3v) is 32.6. The molecule has 0 bridgehead atoms. The maximum atomic E-state index is 12.2. The van der Waals surface area contributed by atoms with Crippen LogP contribution in [0.4, 0.5) is 0 Å². The Hall–Kier alpha value is -2.45. The van der Waals surface area contributed by atoms with Gasteiger partial charge in [-0.05, 0) is 312 Å². The van der Waals surface area contributed by atoms with Gasteiger partial charge in [-0.15, -0.1) is 0 Å². The molecular formula is C76H128N2O15S. The molecule has 0 radical (unpaired) electrons. The van der Waals surface area contributed by atoms with E-state index in [1.165, 1.54) is 44.9 Å². The van der Waals surface area contributed by atoms with Crippen molar-refractivity contribution in [2.24, 2.45) is 139 Å². The largest absolute Gasteiger partial charge is 0.481 e. The van der Waals surface area contributed by atoms with Crippen LogP contribution in [-0.2, 0) is 29.3 Å². The zero-order valence-corrected chi connectivity index (χ0v) is 59.9. The van der Waals surface area contributed by atoms with Crippen LogP contribution in [0.25, 0.3) is 0 Å². The molecular weight excluding hydrogens is 1210 g/mol. The van der Waals surface area contributed by atoms with Crippen LogP contribution >= 0.6 is 0 Å². The number of fused-ring (bicyclic) bond motifs is 15. The number of aliphatic hydroxyl groups is 6. The maximum Gasteiger partial charge on any atom is 0.322 e. The highest BCUT2D eigenvalue weighted by atomic mass is 32.2. The van der Waals surface area contributed by atoms with Crippen molar-refractivity contribution in [2.45, 2.75) is 292 Å². The average molecular weight is 1340 g/mol. The fourth-order valence-corrected chi connectivity index (χ4v) is 27.2. The minimum Gasteiger partial charge on any atom is -0.481 e. The van der Waals surface area contributed by atoms with E-state index >= 15 is 0 Å². The molecule has 94 heavy (non-hydrogen) atoms. The monoisotopic (exact) mass is 1340 g/mol. The predicted molar refractivity (Wildman–Crippen MR) is 361 cm³/mol. The zero-order chi connectivity index (χ0) is 68.4. The molecule has 0 aliphatic heterocycles. The SMILES string of the molecule is C[C@H](CCC(=O)NCC(=O)O)[C@H]1CC[C@H]2[C@@H]3[C@H](O)C[C@@H]4C[C@H](O)CC[C@]4(C)[C@H]3CC[C@]12C.C[C@H](CCC(=O)NCCS(=O)(=O)O)[C@H]1CC[C@H]2[C@@H]3[C@H](O)C[C@@H]4C[C@H](O)CC[C@]4(C)[C@H]3CC[C@]12C.C[C@H](CCC(=O)O)[C@H]1CC[C@H]2[C@@H]3[C@H](O)C[C@@H]4C[C@H](O)CC[C@]4(C)[C@H]3CC[C@]12C. The molecule has 0 spiro atoms. The first-order chi connectivity index (χ1) is 44.1. The highest BCUT2D eigenvalue weighted by Gasteiger charge is 2.66. The second-order valence-corrected chi connectivity index (χ2v) is 37.7. The van der Waals surface area contributed by atoms with Gasteiger partial charge in [0.2, 0.25) is 11.8 Å². The van der Waals surface area contributed by atoms with Crippen molar-refractivity contribution in [1.29, 1.82) is 0 Å². The molecule has 0 unspecified atom stereocenters. The van der Waals surface area contributed by atoms with E-state index < -0.39 is 27.8 Å². The fourth-order valence-electron chi connectivity index (χ4n) is 26.9. The molecule has 12 aliphatic carbocycles. The summed E-state index contributed by atoms with van der Waals surface area (Å²) in [6, 6.07) is 0. The molecule has 0 saturated heterocycles. The number of aliphatic hydroxyl groups excluding tert-OH is 6. The van der Waals surface area contributed by atoms with E-state index in [1.807, 2.05) is 0 Å². The number of rotatable bonds is 17. The molecule has 18 heteroatoms. The van der Waals surface area contributed by atoms with Crippen molar-refractivity contribution in [1.82, 2.24) is 10.6 Å². The lowest BCUT2D eigenvalue weighted by molar-refractivity contribution is -0.174. The third-order valence-electron chi connectivity index (χ3n) is 31.8. The Kier molecular flexibility index (Phi) is 22.8. The first-order valence-electron chi connectivity index (χ1n) is 38.1. The van der Waals surface area contributed by atoms with E-state index in [0.29, 0.717) is 119 Å². The van der Waals surface area contributed by atoms with Gasteiger partial charge < -0.3 is 51.5 Å². The van der Waals surface area contributed by atoms with Gasteiger partial charge in [0, 0.05) is 25.8 Å². The van der Waals surface area contributed by atoms with Gasteiger partial charge >= 0.3 is 11.9 Å². The Morgan fingerprint density at radius 3 is 1.01 bits per heavy atom. The molecule has 0 heterocycles. The van der Waals surface area contributed by atoms with Crippen LogP contribution in [-0.4, -0.2) is 133 Å². The summed E-state index contributed by atoms with van der Waals surface area (Å²) in [4.78, 5) is 45.9. The van der Waals surface area contributed by atoms with Crippen molar-refractivity contribution in [3.63, 3.8) is 0 Å². The third kappa shape index (κ3) is 14.6. The van der Waals surface area contributed by atoms with E-state index in [1.54, 1.807) is 0 Å². The number of carboxylic acids is 2. The minimum atomic E-state index is -4.06. The number of nitrogens with one attached hydrogen (secondary N) is 2. The van der Waals surface area contributed by atoms with Crippen LogP contribution in [0.3, 0.4) is 0 Å². The Morgan fingerprint density at radius 1 is 0.404 bits per heavy atom. The number of carbonyl (C=O) groups excluding carboxylic acids is 2. The number of carbonyl (C=O) groups is 4. The standard InChI is InChI=1S/C26H45NO6S.C26H43NO5.C24H40O4/c1-16(4-7-23(30)27-12-13-34(31,32)33)19-5-6-20-24-21(9-11-26(19,20)3)25(2)10-8-18(28)14-17(25)15-22(24)29;1-15(4-7-22(30)27-14-23(31)32)18-5-6-19-24-20(9-11-26(18,19)3)25(2)10-8-17(28)12-16(25)13-21(24)29;1-14(4-7-21(27)28)17-5-6-18-22-19(9-11-24(17,18)3)23(2)10-8-16(25)12-15(23)13-20(22)26/h16-22,24,28-29H,4-15H2,1-3H3,(H,27,30)(H,31,32,33);15-21,24,28-29H,4-14H2,1-3H3,(H,27,30)(H,31,32);14-20,22,25-26H,4-13H2,1-3H3,(H,27,28)/t16-,17+,18-,19-,20+,21+,22-,24+,25+,26-;15-,16+,17-,18-,19+,20+,21-,24+,25+,26-;14-,15+,16-,17-,18+,19+,20-,22+,23+,24-/m111/s1. The number of aliphatic carboxylic acids is 2. The van der Waals surface area contributed by atoms with Crippen molar-refractivity contribution in [2.75, 3.05) is 18.8 Å². The fraction of sp³-hybridized carbons (Fsp3) is 0.947. The first kappa shape index (κ1) is 74.2. The summed E-state index contributed by atoms with van der Waals surface area (Å²) in [5, 5.41) is 87.5. The highest BCUT2D eigenvalue weighted by Crippen LogP contribution is 2.72. The van der Waals surface area contributed by atoms with Crippen molar-refractivity contribution < 1.29 is 73.0 Å². The number of hydrogen-bond acceptors (Lipinski definition) is 12. The number of hydrogen-bond donors (Lipinski definition) is 11. The van der Waals surface area contributed by atoms with Gasteiger partial charge in [-0.2, -0.15) is 8.42 Å². The summed E-state index contributed by atoms with van der Waals surface area (Å²) in [7, 11) is -4.06. The average Bonchev–Trinajstić information content (AvgIpc) is 1.35. The van der Waals surface area contributed by atoms with Crippen LogP contribution in [0.5, 0.6) is 0 Å². The van der Waals surface area contributed by atoms with Crippen molar-refractivity contribution >= 4 is 33.9 Å². The van der Waals surface area contributed by atoms with Crippen molar-refractivity contribution in [3.8, 4) is 0 Å². The Morgan fingerprint density at radius 2 is 0.702 bits per heavy atom. The molecule has 12 aliphatic rings. The molecule has 12 saturated carbocycles. The summed E-state index contributed by atoms with van der Waals surface area (Å²) in [6.07, 6.45) is 27.1. The summed E-state index contributed by atoms with van der Waals surface area (Å²) in [6.45, 7) is 21.0. The van der Waals surface area contributed by atoms with Crippen LogP contribution in [0.1, 0.15) is 255 Å². The lowest BCUT2D eigenvalue weighted by Gasteiger charge is -2.62. The molecule has 0 aromatic rings. The van der Waals surface area contributed by atoms with Gasteiger partial charge in [0.05, 0.1) is 42.4 Å². The van der Waals surface area contributed by atoms with Gasteiger partial charge in [-0.25, -0.2) is 0 Å². The molecule has 12 rings (SSSR count). The van der Waals surface area contributed by atoms with E-state index in [0.717, 1.165) is 128 Å². The van der Waals surface area contributed by atoms with Gasteiger partial charge in [-0.1, -0.05) is 62.3 Å². The van der Waals surface area contributed by atoms with Gasteiger partial charge in [0.15, 0.2) is 0 Å². The molecule has 11 N–H and O–H groups in total. The number of amides is 2. The van der Waals surface area contributed by atoms with Crippen LogP contribution in [0.2, 0.25) is 0 Å². The van der Waals surface area contributed by atoms with E-state index in [-0.39, 0.29) is 100 Å². The smallest absolute Gasteiger partial charge is 0.322 e. The molecule has 0 aromatic heterocycles. The predicted octanol–water partition coefficient (Wildman–Crippen LogP) is 11.5. The molecule has 538 valence electrons. The summed E-state index contributed by atoms with van der Waals surface area (Å²) in [5.41, 5.74) is 1.39. The van der Waals surface area contributed by atoms with Crippen LogP contribution in [0, 0.1) is 139 Å². The van der Waals surface area contributed by atoms with E-state index in [9.17, 15) is 58.2 Å². The van der Waals surface area contributed by atoms with Gasteiger partial charge in [-0.3, -0.25) is 23.7 Å². The Bertz CT molecular complexity index is 2770. The lowest BCUT2D eigenvalue weighted by atomic mass is 9.43. The second kappa shape index (κ2) is 28.9. The summed E-state index contributed by atoms with van der Waals surface area (Å²) < 4.78 is 30.5. The van der Waals surface area contributed by atoms with Crippen molar-refractivity contribution in [3.05, 3.63) is 0 Å². The Balaban J connectivity index is 0.000000155. The quantitative estimate of drug-likeness (QED) is 0.0603. The molecule has 12 fully saturated rings. The van der Waals surface area contributed by atoms with Crippen LogP contribution in [0.15, 0.2) is 0 Å². The highest BCUT2D eigenvalue weighted by molar-refractivity contribution is 7.85. The normalized spacial score (nSPS) is 47.5. The molecule has 17 nitrogen and oxygen atoms in total. The second-order valence-electron chi connectivity index (χ2n) is 36.1. The number of carboxylic acid groups (broad SMARTS) is 2. The summed E-state index contributed by atoms with van der Waals surface area (Å²) >= 11 is 0. The lowest BCUT2D eigenvalue weighted by Crippen LogP contribution is -2.58. The maximum absolute atomic E-state index is 12.2.